The molecule has 14 heavy (non-hydrogen) atoms. The number of carboxylic acid groups (broad SMARTS) is 1. The number of aliphatic carboxylic acids is 1. The van der Waals surface area contributed by atoms with E-state index in [0.29, 0.717) is 12.5 Å². The van der Waals surface area contributed by atoms with Gasteiger partial charge >= 0.3 is 5.97 Å². The van der Waals surface area contributed by atoms with Crippen LogP contribution in [0.2, 0.25) is 0 Å². The number of carbonyl (C=O) groups is 1. The van der Waals surface area contributed by atoms with Crippen molar-refractivity contribution in [3.05, 3.63) is 12.2 Å². The Bertz CT molecular complexity index is 198. The van der Waals surface area contributed by atoms with Gasteiger partial charge in [-0.2, -0.15) is 0 Å². The van der Waals surface area contributed by atoms with Crippen molar-refractivity contribution in [3.8, 4) is 0 Å². The fourth-order valence-electron chi connectivity index (χ4n) is 1.46. The Morgan fingerprint density at radius 2 is 2.50 bits per heavy atom. The third-order valence-electron chi connectivity index (χ3n) is 2.28. The molecule has 0 spiro atoms. The van der Waals surface area contributed by atoms with Crippen LogP contribution in [-0.2, 0) is 9.53 Å². The lowest BCUT2D eigenvalue weighted by atomic mass is 10.1. The molecule has 1 aliphatic heterocycles. The van der Waals surface area contributed by atoms with Gasteiger partial charge in [0, 0.05) is 25.8 Å². The normalized spacial score (nSPS) is 21.9. The largest absolute Gasteiger partial charge is 0.478 e. The summed E-state index contributed by atoms with van der Waals surface area (Å²) < 4.78 is 5.25. The Balaban J connectivity index is 1.91. The first-order valence-corrected chi connectivity index (χ1v) is 4.97. The molecular formula is C10H17NO3. The molecule has 1 heterocycles. The maximum Gasteiger partial charge on any atom is 0.328 e. The number of nitrogens with one attached hydrogen (secondary N) is 1. The molecule has 1 rings (SSSR count). The molecule has 0 aromatic rings. The molecular weight excluding hydrogens is 182 g/mol. The Labute approximate surface area is 83.9 Å². The van der Waals surface area contributed by atoms with E-state index in [1.54, 1.807) is 6.08 Å². The van der Waals surface area contributed by atoms with Crippen molar-refractivity contribution in [3.63, 3.8) is 0 Å². The standard InChI is InChI=1S/C10H17NO3/c12-10(13)2-1-5-11-6-3-9-4-7-14-8-9/h1-2,9,11H,3-8H2,(H,12,13)/b2-1+. The molecule has 1 saturated heterocycles. The highest BCUT2D eigenvalue weighted by atomic mass is 16.5. The molecule has 1 unspecified atom stereocenters. The fourth-order valence-corrected chi connectivity index (χ4v) is 1.46. The summed E-state index contributed by atoms with van der Waals surface area (Å²) in [4.78, 5) is 10.1. The van der Waals surface area contributed by atoms with Gasteiger partial charge in [0.25, 0.3) is 0 Å². The van der Waals surface area contributed by atoms with Crippen molar-refractivity contribution in [1.29, 1.82) is 0 Å². The molecule has 1 aliphatic rings. The molecule has 0 aromatic heterocycles. The molecule has 0 bridgehead atoms. The van der Waals surface area contributed by atoms with Crippen LogP contribution >= 0.6 is 0 Å². The number of hydrogen-bond acceptors (Lipinski definition) is 3. The van der Waals surface area contributed by atoms with E-state index in [1.165, 1.54) is 0 Å². The topological polar surface area (TPSA) is 58.6 Å². The van der Waals surface area contributed by atoms with E-state index in [4.69, 9.17) is 9.84 Å². The summed E-state index contributed by atoms with van der Waals surface area (Å²) in [6, 6.07) is 0. The van der Waals surface area contributed by atoms with Gasteiger partial charge in [-0.3, -0.25) is 0 Å². The van der Waals surface area contributed by atoms with E-state index in [0.717, 1.165) is 38.7 Å². The van der Waals surface area contributed by atoms with Gasteiger partial charge in [-0.1, -0.05) is 6.08 Å². The van der Waals surface area contributed by atoms with Crippen LogP contribution in [0.25, 0.3) is 0 Å². The van der Waals surface area contributed by atoms with Crippen LogP contribution in [0.1, 0.15) is 12.8 Å². The summed E-state index contributed by atoms with van der Waals surface area (Å²) in [5, 5.41) is 11.5. The van der Waals surface area contributed by atoms with E-state index < -0.39 is 5.97 Å². The highest BCUT2D eigenvalue weighted by Gasteiger charge is 2.14. The zero-order chi connectivity index (χ0) is 10.2. The van der Waals surface area contributed by atoms with Gasteiger partial charge in [-0.25, -0.2) is 4.79 Å². The van der Waals surface area contributed by atoms with Gasteiger partial charge in [-0.05, 0) is 25.3 Å². The average Bonchev–Trinajstić information content (AvgIpc) is 2.63. The quantitative estimate of drug-likeness (QED) is 0.487. The van der Waals surface area contributed by atoms with Crippen molar-refractivity contribution in [2.75, 3.05) is 26.3 Å². The Hall–Kier alpha value is -0.870. The van der Waals surface area contributed by atoms with Crippen molar-refractivity contribution in [2.45, 2.75) is 12.8 Å². The molecule has 1 atom stereocenters. The summed E-state index contributed by atoms with van der Waals surface area (Å²) in [5.74, 6) is -0.207. The first-order chi connectivity index (χ1) is 6.79. The lowest BCUT2D eigenvalue weighted by Crippen LogP contribution is -2.18. The molecule has 2 N–H and O–H groups in total. The monoisotopic (exact) mass is 199 g/mol. The highest BCUT2D eigenvalue weighted by Crippen LogP contribution is 2.14. The SMILES string of the molecule is O=C(O)/C=C/CNCCC1CCOC1. The molecule has 80 valence electrons. The molecule has 4 heteroatoms. The zero-order valence-corrected chi connectivity index (χ0v) is 8.24. The first-order valence-electron chi connectivity index (χ1n) is 4.97. The second-order valence-electron chi connectivity index (χ2n) is 3.46. The molecule has 0 saturated carbocycles. The summed E-state index contributed by atoms with van der Waals surface area (Å²) >= 11 is 0. The predicted molar refractivity (Wildman–Crippen MR) is 53.2 cm³/mol. The van der Waals surface area contributed by atoms with Crippen LogP contribution in [0.3, 0.4) is 0 Å². The van der Waals surface area contributed by atoms with Gasteiger partial charge < -0.3 is 15.2 Å². The van der Waals surface area contributed by atoms with Crippen LogP contribution in [0, 0.1) is 5.92 Å². The Morgan fingerprint density at radius 1 is 1.64 bits per heavy atom. The number of rotatable bonds is 6. The van der Waals surface area contributed by atoms with Crippen molar-refractivity contribution < 1.29 is 14.6 Å². The highest BCUT2D eigenvalue weighted by molar-refractivity contribution is 5.79. The second kappa shape index (κ2) is 6.56. The smallest absolute Gasteiger partial charge is 0.328 e. The molecule has 0 radical (unpaired) electrons. The lowest BCUT2D eigenvalue weighted by molar-refractivity contribution is -0.131. The second-order valence-corrected chi connectivity index (χ2v) is 3.46. The maximum atomic E-state index is 10.1. The minimum Gasteiger partial charge on any atom is -0.478 e. The summed E-state index contributed by atoms with van der Waals surface area (Å²) in [5.41, 5.74) is 0. The summed E-state index contributed by atoms with van der Waals surface area (Å²) in [6.07, 6.45) is 5.05. The van der Waals surface area contributed by atoms with Crippen LogP contribution in [0.15, 0.2) is 12.2 Å². The van der Waals surface area contributed by atoms with Crippen LogP contribution < -0.4 is 5.32 Å². The number of carboxylic acids is 1. The molecule has 0 aliphatic carbocycles. The Kier molecular flexibility index (Phi) is 5.25. The van der Waals surface area contributed by atoms with Gasteiger partial charge in [0.2, 0.25) is 0 Å². The van der Waals surface area contributed by atoms with E-state index >= 15 is 0 Å². The van der Waals surface area contributed by atoms with Crippen LogP contribution in [-0.4, -0.2) is 37.4 Å². The van der Waals surface area contributed by atoms with E-state index in [9.17, 15) is 4.79 Å². The van der Waals surface area contributed by atoms with Crippen molar-refractivity contribution >= 4 is 5.97 Å². The third kappa shape index (κ3) is 4.99. The fraction of sp³-hybridized carbons (Fsp3) is 0.700. The number of hydrogen-bond donors (Lipinski definition) is 2. The summed E-state index contributed by atoms with van der Waals surface area (Å²) in [7, 11) is 0. The molecule has 4 nitrogen and oxygen atoms in total. The van der Waals surface area contributed by atoms with Gasteiger partial charge in [0.15, 0.2) is 0 Å². The van der Waals surface area contributed by atoms with Gasteiger partial charge in [-0.15, -0.1) is 0 Å². The van der Waals surface area contributed by atoms with Crippen molar-refractivity contribution in [1.82, 2.24) is 5.32 Å². The zero-order valence-electron chi connectivity index (χ0n) is 8.24. The number of ether oxygens (including phenoxy) is 1. The van der Waals surface area contributed by atoms with Crippen LogP contribution in [0.4, 0.5) is 0 Å². The summed E-state index contributed by atoms with van der Waals surface area (Å²) in [6.45, 7) is 3.33. The minimum atomic E-state index is -0.893. The Morgan fingerprint density at radius 3 is 3.14 bits per heavy atom. The van der Waals surface area contributed by atoms with Crippen molar-refractivity contribution in [2.24, 2.45) is 5.92 Å². The third-order valence-corrected chi connectivity index (χ3v) is 2.28. The maximum absolute atomic E-state index is 10.1. The van der Waals surface area contributed by atoms with E-state index in [2.05, 4.69) is 5.32 Å². The first kappa shape index (κ1) is 11.2. The average molecular weight is 199 g/mol. The molecule has 1 fully saturated rings. The van der Waals surface area contributed by atoms with Crippen LogP contribution in [0.5, 0.6) is 0 Å². The minimum absolute atomic E-state index is 0.625. The van der Waals surface area contributed by atoms with E-state index in [-0.39, 0.29) is 0 Å². The molecule has 0 amide bonds. The predicted octanol–water partition coefficient (Wildman–Crippen LogP) is 0.643. The van der Waals surface area contributed by atoms with E-state index in [1.807, 2.05) is 0 Å². The molecule has 0 aromatic carbocycles. The lowest BCUT2D eigenvalue weighted by Gasteiger charge is -2.06. The van der Waals surface area contributed by atoms with Gasteiger partial charge in [0.05, 0.1) is 0 Å². The van der Waals surface area contributed by atoms with Gasteiger partial charge in [0.1, 0.15) is 0 Å².